The molecule has 6 nitrogen and oxygen atoms in total. The lowest BCUT2D eigenvalue weighted by atomic mass is 9.96. The fourth-order valence-corrected chi connectivity index (χ4v) is 3.89. The van der Waals surface area contributed by atoms with Crippen molar-refractivity contribution in [2.75, 3.05) is 31.5 Å². The smallest absolute Gasteiger partial charge is 0.237 e. The Balaban J connectivity index is 1.47. The van der Waals surface area contributed by atoms with Crippen molar-refractivity contribution < 1.29 is 9.59 Å². The molecule has 6 heteroatoms. The number of nitrogens with zero attached hydrogens (tertiary/aromatic N) is 3. The van der Waals surface area contributed by atoms with Gasteiger partial charge in [0.2, 0.25) is 11.8 Å². The van der Waals surface area contributed by atoms with E-state index in [-0.39, 0.29) is 17.7 Å². The Morgan fingerprint density at radius 1 is 1.06 bits per heavy atom. The van der Waals surface area contributed by atoms with Gasteiger partial charge in [0.15, 0.2) is 0 Å². The van der Waals surface area contributed by atoms with E-state index in [1.54, 1.807) is 6.20 Å². The summed E-state index contributed by atoms with van der Waals surface area (Å²) in [5.74, 6) is 0.747. The van der Waals surface area contributed by atoms with Crippen molar-refractivity contribution in [3.05, 3.63) is 59.3 Å². The Bertz CT molecular complexity index is 856. The molecule has 166 valence electrons. The molecule has 0 saturated carbocycles. The molecule has 1 fully saturated rings. The van der Waals surface area contributed by atoms with Gasteiger partial charge in [-0.1, -0.05) is 42.8 Å². The number of amides is 2. The van der Waals surface area contributed by atoms with Crippen LogP contribution in [0.2, 0.25) is 0 Å². The number of aryl methyl sites for hydroxylation is 2. The van der Waals surface area contributed by atoms with E-state index in [1.165, 1.54) is 5.56 Å². The van der Waals surface area contributed by atoms with E-state index in [9.17, 15) is 9.59 Å². The van der Waals surface area contributed by atoms with Crippen molar-refractivity contribution >= 4 is 17.6 Å². The van der Waals surface area contributed by atoms with Gasteiger partial charge in [0.1, 0.15) is 5.82 Å². The second kappa shape index (κ2) is 11.0. The maximum absolute atomic E-state index is 13.0. The average Bonchev–Trinajstić information content (AvgIpc) is 2.77. The first-order valence-electron chi connectivity index (χ1n) is 11.2. The van der Waals surface area contributed by atoms with Crippen LogP contribution in [0, 0.1) is 19.8 Å². The fourth-order valence-electron chi connectivity index (χ4n) is 3.89. The number of carbonyl (C=O) groups is 2. The molecule has 0 unspecified atom stereocenters. The maximum atomic E-state index is 13.0. The van der Waals surface area contributed by atoms with Crippen LogP contribution in [0.3, 0.4) is 0 Å². The third-order valence-electron chi connectivity index (χ3n) is 5.82. The Hall–Kier alpha value is -2.73. The molecule has 1 aliphatic heterocycles. The number of carbonyl (C=O) groups excluding carboxylic acids is 2. The highest BCUT2D eigenvalue weighted by Crippen LogP contribution is 2.19. The lowest BCUT2D eigenvalue weighted by Gasteiger charge is -2.32. The minimum Gasteiger partial charge on any atom is -0.337 e. The zero-order valence-electron chi connectivity index (χ0n) is 18.9. The summed E-state index contributed by atoms with van der Waals surface area (Å²) in [5.41, 5.74) is 3.45. The predicted molar refractivity (Wildman–Crippen MR) is 124 cm³/mol. The molecule has 31 heavy (non-hydrogen) atoms. The summed E-state index contributed by atoms with van der Waals surface area (Å²) in [6.07, 6.45) is 4.21. The summed E-state index contributed by atoms with van der Waals surface area (Å²) in [6, 6.07) is 12.1. The van der Waals surface area contributed by atoms with Crippen molar-refractivity contribution in [2.45, 2.75) is 46.6 Å². The highest BCUT2D eigenvalue weighted by Gasteiger charge is 2.27. The standard InChI is InChI=1S/C25H34N4O2/c1-4-13-29(17-21-8-5-19(2)6-9-21)24(30)18-28-14-11-22(12-15-28)25(31)27-23-10-7-20(3)16-26-23/h5-10,16,22H,4,11-15,17-18H2,1-3H3,(H,26,27,31). The van der Waals surface area contributed by atoms with Gasteiger partial charge in [0, 0.05) is 25.2 Å². The SMILES string of the molecule is CCCN(Cc1ccc(C)cc1)C(=O)CN1CCC(C(=O)Nc2ccc(C)cn2)CC1. The molecule has 0 aliphatic carbocycles. The first kappa shape index (κ1) is 22.9. The number of aromatic nitrogens is 1. The van der Waals surface area contributed by atoms with Gasteiger partial charge in [0.25, 0.3) is 0 Å². The number of likely N-dealkylation sites (tertiary alicyclic amines) is 1. The van der Waals surface area contributed by atoms with E-state index in [1.807, 2.05) is 24.0 Å². The molecule has 0 bridgehead atoms. The van der Waals surface area contributed by atoms with Crippen LogP contribution in [0.5, 0.6) is 0 Å². The third-order valence-corrected chi connectivity index (χ3v) is 5.82. The largest absolute Gasteiger partial charge is 0.337 e. The topological polar surface area (TPSA) is 65.5 Å². The summed E-state index contributed by atoms with van der Waals surface area (Å²) >= 11 is 0. The number of pyridine rings is 1. The zero-order chi connectivity index (χ0) is 22.2. The first-order chi connectivity index (χ1) is 14.9. The van der Waals surface area contributed by atoms with Crippen molar-refractivity contribution in [1.29, 1.82) is 0 Å². The van der Waals surface area contributed by atoms with Crippen LogP contribution >= 0.6 is 0 Å². The third kappa shape index (κ3) is 6.89. The fraction of sp³-hybridized carbons (Fsp3) is 0.480. The Morgan fingerprint density at radius 2 is 1.74 bits per heavy atom. The van der Waals surface area contributed by atoms with Crippen molar-refractivity contribution in [3.63, 3.8) is 0 Å². The second-order valence-electron chi connectivity index (χ2n) is 8.56. The maximum Gasteiger partial charge on any atom is 0.237 e. The van der Waals surface area contributed by atoms with Gasteiger partial charge in [-0.3, -0.25) is 14.5 Å². The monoisotopic (exact) mass is 422 g/mol. The van der Waals surface area contributed by atoms with Gasteiger partial charge in [-0.25, -0.2) is 4.98 Å². The average molecular weight is 423 g/mol. The molecule has 0 atom stereocenters. The molecule has 2 amide bonds. The van der Waals surface area contributed by atoms with Gasteiger partial charge in [0.05, 0.1) is 6.54 Å². The molecular weight excluding hydrogens is 388 g/mol. The van der Waals surface area contributed by atoms with Gasteiger partial charge in [-0.2, -0.15) is 0 Å². The van der Waals surface area contributed by atoms with Crippen molar-refractivity contribution in [3.8, 4) is 0 Å². The number of anilines is 1. The highest BCUT2D eigenvalue weighted by atomic mass is 16.2. The Kier molecular flexibility index (Phi) is 8.18. The van der Waals surface area contributed by atoms with Crippen LogP contribution in [0.1, 0.15) is 42.9 Å². The molecular formula is C25H34N4O2. The minimum absolute atomic E-state index is 0.0225. The number of nitrogens with one attached hydrogen (secondary N) is 1. The van der Waals surface area contributed by atoms with E-state index in [2.05, 4.69) is 53.3 Å². The van der Waals surface area contributed by atoms with Crippen LogP contribution in [-0.2, 0) is 16.1 Å². The number of piperidine rings is 1. The molecule has 2 aromatic rings. The molecule has 3 rings (SSSR count). The van der Waals surface area contributed by atoms with E-state index in [0.29, 0.717) is 18.9 Å². The zero-order valence-corrected chi connectivity index (χ0v) is 18.9. The van der Waals surface area contributed by atoms with Gasteiger partial charge in [-0.05, 0) is 63.4 Å². The summed E-state index contributed by atoms with van der Waals surface area (Å²) in [5, 5.41) is 2.92. The molecule has 2 heterocycles. The molecule has 0 radical (unpaired) electrons. The molecule has 1 N–H and O–H groups in total. The molecule has 1 aliphatic rings. The number of hydrogen-bond acceptors (Lipinski definition) is 4. The van der Waals surface area contributed by atoms with E-state index in [0.717, 1.165) is 50.0 Å². The molecule has 1 saturated heterocycles. The van der Waals surface area contributed by atoms with E-state index < -0.39 is 0 Å². The molecule has 1 aromatic heterocycles. The first-order valence-corrected chi connectivity index (χ1v) is 11.2. The lowest BCUT2D eigenvalue weighted by Crippen LogP contribution is -2.44. The van der Waals surface area contributed by atoms with Crippen LogP contribution in [-0.4, -0.2) is 52.8 Å². The number of hydrogen-bond donors (Lipinski definition) is 1. The predicted octanol–water partition coefficient (Wildman–Crippen LogP) is 3.79. The van der Waals surface area contributed by atoms with Gasteiger partial charge < -0.3 is 10.2 Å². The van der Waals surface area contributed by atoms with Gasteiger partial charge >= 0.3 is 0 Å². The van der Waals surface area contributed by atoms with E-state index in [4.69, 9.17) is 0 Å². The quantitative estimate of drug-likeness (QED) is 0.703. The molecule has 0 spiro atoms. The van der Waals surface area contributed by atoms with E-state index >= 15 is 0 Å². The summed E-state index contributed by atoms with van der Waals surface area (Å²) < 4.78 is 0. The lowest BCUT2D eigenvalue weighted by molar-refractivity contribution is -0.133. The van der Waals surface area contributed by atoms with Crippen LogP contribution in [0.4, 0.5) is 5.82 Å². The van der Waals surface area contributed by atoms with Crippen LogP contribution < -0.4 is 5.32 Å². The highest BCUT2D eigenvalue weighted by molar-refractivity contribution is 5.91. The second-order valence-corrected chi connectivity index (χ2v) is 8.56. The van der Waals surface area contributed by atoms with Crippen molar-refractivity contribution in [2.24, 2.45) is 5.92 Å². The minimum atomic E-state index is -0.0336. The number of benzene rings is 1. The number of rotatable bonds is 8. The van der Waals surface area contributed by atoms with Gasteiger partial charge in [-0.15, -0.1) is 0 Å². The normalized spacial score (nSPS) is 14.9. The Labute approximate surface area is 185 Å². The van der Waals surface area contributed by atoms with Crippen LogP contribution in [0.25, 0.3) is 0 Å². The van der Waals surface area contributed by atoms with Crippen molar-refractivity contribution in [1.82, 2.24) is 14.8 Å². The summed E-state index contributed by atoms with van der Waals surface area (Å²) in [7, 11) is 0. The summed E-state index contributed by atoms with van der Waals surface area (Å²) in [4.78, 5) is 33.9. The van der Waals surface area contributed by atoms with Crippen LogP contribution in [0.15, 0.2) is 42.6 Å². The Morgan fingerprint density at radius 3 is 2.35 bits per heavy atom. The summed E-state index contributed by atoms with van der Waals surface area (Å²) in [6.45, 7) is 9.48. The molecule has 1 aromatic carbocycles.